The monoisotopic (exact) mass is 300 g/mol. The Morgan fingerprint density at radius 2 is 2.15 bits per heavy atom. The number of nitrogens with zero attached hydrogens (tertiary/aromatic N) is 2. The number of aryl methyl sites for hydroxylation is 2. The molecule has 6 heteroatoms. The zero-order valence-electron chi connectivity index (χ0n) is 12.5. The molecule has 114 valence electrons. The highest BCUT2D eigenvalue weighted by Gasteiger charge is 2.25. The van der Waals surface area contributed by atoms with E-state index in [1.807, 2.05) is 25.6 Å². The third kappa shape index (κ3) is 3.73. The van der Waals surface area contributed by atoms with Gasteiger partial charge < -0.3 is 11.1 Å². The van der Waals surface area contributed by atoms with Gasteiger partial charge in [0, 0.05) is 36.8 Å². The van der Waals surface area contributed by atoms with Crippen LogP contribution in [0.4, 0.5) is 0 Å². The first-order valence-corrected chi connectivity index (χ1v) is 7.01. The highest BCUT2D eigenvalue weighted by atomic mass is 35.5. The summed E-state index contributed by atoms with van der Waals surface area (Å²) in [4.78, 5) is 12.2. The van der Waals surface area contributed by atoms with Crippen LogP contribution in [0.1, 0.15) is 42.6 Å². The van der Waals surface area contributed by atoms with Gasteiger partial charge in [0.2, 0.25) is 5.91 Å². The van der Waals surface area contributed by atoms with Crippen LogP contribution in [0.25, 0.3) is 0 Å². The lowest BCUT2D eigenvalue weighted by Crippen LogP contribution is -2.37. The maximum absolute atomic E-state index is 12.2. The van der Waals surface area contributed by atoms with Crippen LogP contribution in [0, 0.1) is 19.8 Å². The summed E-state index contributed by atoms with van der Waals surface area (Å²) < 4.78 is 1.85. The molecule has 1 aliphatic carbocycles. The molecule has 1 fully saturated rings. The molecule has 1 aliphatic rings. The molecule has 0 aromatic carbocycles. The van der Waals surface area contributed by atoms with Crippen molar-refractivity contribution in [2.24, 2.45) is 18.7 Å². The van der Waals surface area contributed by atoms with Crippen LogP contribution in [0.2, 0.25) is 0 Å². The molecule has 0 aliphatic heterocycles. The van der Waals surface area contributed by atoms with E-state index in [1.54, 1.807) is 0 Å². The van der Waals surface area contributed by atoms with Gasteiger partial charge in [0.15, 0.2) is 0 Å². The van der Waals surface area contributed by atoms with Gasteiger partial charge in [-0.05, 0) is 33.1 Å². The molecule has 2 rings (SSSR count). The predicted molar refractivity (Wildman–Crippen MR) is 81.7 cm³/mol. The van der Waals surface area contributed by atoms with E-state index >= 15 is 0 Å². The number of rotatable bonds is 3. The van der Waals surface area contributed by atoms with Crippen LogP contribution in [0.3, 0.4) is 0 Å². The van der Waals surface area contributed by atoms with Crippen molar-refractivity contribution >= 4 is 18.3 Å². The Balaban J connectivity index is 0.00000200. The van der Waals surface area contributed by atoms with Gasteiger partial charge in [-0.1, -0.05) is 6.42 Å². The highest BCUT2D eigenvalue weighted by molar-refractivity contribution is 5.85. The molecule has 1 saturated carbocycles. The minimum absolute atomic E-state index is 0. The quantitative estimate of drug-likeness (QED) is 0.890. The molecule has 2 unspecified atom stereocenters. The SMILES string of the molecule is Cc1nn(C)c(C)c1CNC(=O)C1CCCC(N)C1.Cl. The summed E-state index contributed by atoms with van der Waals surface area (Å²) in [7, 11) is 1.92. The standard InChI is InChI=1S/C14H24N4O.ClH/c1-9-13(10(2)18(3)17-9)8-16-14(19)11-5-4-6-12(15)7-11;/h11-12H,4-8,15H2,1-3H3,(H,16,19);1H. The van der Waals surface area contributed by atoms with Crippen molar-refractivity contribution in [2.75, 3.05) is 0 Å². The van der Waals surface area contributed by atoms with E-state index in [4.69, 9.17) is 5.73 Å². The Morgan fingerprint density at radius 3 is 2.70 bits per heavy atom. The van der Waals surface area contributed by atoms with Crippen LogP contribution in [0.5, 0.6) is 0 Å². The van der Waals surface area contributed by atoms with Crippen LogP contribution in [-0.4, -0.2) is 21.7 Å². The van der Waals surface area contributed by atoms with E-state index in [-0.39, 0.29) is 30.3 Å². The summed E-state index contributed by atoms with van der Waals surface area (Å²) in [5.41, 5.74) is 9.15. The number of nitrogens with one attached hydrogen (secondary N) is 1. The van der Waals surface area contributed by atoms with Crippen molar-refractivity contribution in [3.63, 3.8) is 0 Å². The summed E-state index contributed by atoms with van der Waals surface area (Å²) >= 11 is 0. The van der Waals surface area contributed by atoms with E-state index in [0.717, 1.165) is 42.6 Å². The van der Waals surface area contributed by atoms with Gasteiger partial charge in [-0.2, -0.15) is 5.10 Å². The van der Waals surface area contributed by atoms with Crippen molar-refractivity contribution in [3.05, 3.63) is 17.0 Å². The van der Waals surface area contributed by atoms with Crippen molar-refractivity contribution in [1.82, 2.24) is 15.1 Å². The maximum atomic E-state index is 12.2. The minimum Gasteiger partial charge on any atom is -0.352 e. The number of carbonyl (C=O) groups is 1. The van der Waals surface area contributed by atoms with Gasteiger partial charge in [0.25, 0.3) is 0 Å². The zero-order valence-corrected chi connectivity index (χ0v) is 13.3. The van der Waals surface area contributed by atoms with E-state index in [2.05, 4.69) is 10.4 Å². The second-order valence-electron chi connectivity index (χ2n) is 5.61. The fourth-order valence-corrected chi connectivity index (χ4v) is 2.86. The first-order valence-electron chi connectivity index (χ1n) is 7.01. The molecule has 1 aromatic rings. The Labute approximate surface area is 126 Å². The molecule has 1 heterocycles. The van der Waals surface area contributed by atoms with Crippen molar-refractivity contribution in [1.29, 1.82) is 0 Å². The van der Waals surface area contributed by atoms with Crippen LogP contribution < -0.4 is 11.1 Å². The summed E-state index contributed by atoms with van der Waals surface area (Å²) in [6.07, 6.45) is 3.89. The second kappa shape index (κ2) is 7.09. The lowest BCUT2D eigenvalue weighted by Gasteiger charge is -2.25. The van der Waals surface area contributed by atoms with E-state index in [0.29, 0.717) is 6.54 Å². The third-order valence-corrected chi connectivity index (χ3v) is 4.18. The average molecular weight is 301 g/mol. The number of hydrogen-bond donors (Lipinski definition) is 2. The lowest BCUT2D eigenvalue weighted by atomic mass is 9.85. The minimum atomic E-state index is 0. The third-order valence-electron chi connectivity index (χ3n) is 4.18. The summed E-state index contributed by atoms with van der Waals surface area (Å²) in [5, 5.41) is 7.39. The van der Waals surface area contributed by atoms with Gasteiger partial charge in [-0.3, -0.25) is 9.48 Å². The molecule has 0 bridgehead atoms. The topological polar surface area (TPSA) is 72.9 Å². The number of carbonyl (C=O) groups excluding carboxylic acids is 1. The van der Waals surface area contributed by atoms with Crippen molar-refractivity contribution < 1.29 is 4.79 Å². The molecule has 0 radical (unpaired) electrons. The molecule has 20 heavy (non-hydrogen) atoms. The molecule has 2 atom stereocenters. The van der Waals surface area contributed by atoms with Gasteiger partial charge in [-0.25, -0.2) is 0 Å². The smallest absolute Gasteiger partial charge is 0.223 e. The molecule has 5 nitrogen and oxygen atoms in total. The normalized spacial score (nSPS) is 22.2. The van der Waals surface area contributed by atoms with Crippen molar-refractivity contribution in [3.8, 4) is 0 Å². The number of aromatic nitrogens is 2. The fraction of sp³-hybridized carbons (Fsp3) is 0.714. The molecule has 0 saturated heterocycles. The van der Waals surface area contributed by atoms with E-state index < -0.39 is 0 Å². The average Bonchev–Trinajstić information content (AvgIpc) is 2.61. The first-order chi connectivity index (χ1) is 8.99. The molecular weight excluding hydrogens is 276 g/mol. The molecule has 1 amide bonds. The Morgan fingerprint density at radius 1 is 1.45 bits per heavy atom. The molecule has 0 spiro atoms. The van der Waals surface area contributed by atoms with Gasteiger partial charge in [0.1, 0.15) is 0 Å². The summed E-state index contributed by atoms with van der Waals surface area (Å²) in [5.74, 6) is 0.221. The fourth-order valence-electron chi connectivity index (χ4n) is 2.86. The Kier molecular flexibility index (Phi) is 6.02. The van der Waals surface area contributed by atoms with Gasteiger partial charge in [0.05, 0.1) is 5.69 Å². The van der Waals surface area contributed by atoms with E-state index in [1.165, 1.54) is 0 Å². The van der Waals surface area contributed by atoms with Crippen LogP contribution >= 0.6 is 12.4 Å². The number of halogens is 1. The lowest BCUT2D eigenvalue weighted by molar-refractivity contribution is -0.126. The summed E-state index contributed by atoms with van der Waals surface area (Å²) in [6.45, 7) is 4.57. The predicted octanol–water partition coefficient (Wildman–Crippen LogP) is 1.59. The maximum Gasteiger partial charge on any atom is 0.223 e. The van der Waals surface area contributed by atoms with Crippen LogP contribution in [-0.2, 0) is 18.4 Å². The molecular formula is C14H25ClN4O. The number of nitrogens with two attached hydrogens (primary N) is 1. The largest absolute Gasteiger partial charge is 0.352 e. The number of amides is 1. The van der Waals surface area contributed by atoms with E-state index in [9.17, 15) is 4.79 Å². The highest BCUT2D eigenvalue weighted by Crippen LogP contribution is 2.23. The Hall–Kier alpha value is -1.07. The van der Waals surface area contributed by atoms with Gasteiger partial charge in [-0.15, -0.1) is 12.4 Å². The van der Waals surface area contributed by atoms with Crippen LogP contribution in [0.15, 0.2) is 0 Å². The zero-order chi connectivity index (χ0) is 14.0. The second-order valence-corrected chi connectivity index (χ2v) is 5.61. The van der Waals surface area contributed by atoms with Gasteiger partial charge >= 0.3 is 0 Å². The number of hydrogen-bond acceptors (Lipinski definition) is 3. The first kappa shape index (κ1) is 17.0. The van der Waals surface area contributed by atoms with Crippen molar-refractivity contribution in [2.45, 2.75) is 52.1 Å². The summed E-state index contributed by atoms with van der Waals surface area (Å²) in [6, 6.07) is 0.186. The molecule has 3 N–H and O–H groups in total. The Bertz CT molecular complexity index is 472. The molecule has 1 aromatic heterocycles.